The van der Waals surface area contributed by atoms with Crippen molar-refractivity contribution in [1.82, 2.24) is 10.3 Å². The number of aliphatic hydroxyl groups excluding tert-OH is 3. The zero-order chi connectivity index (χ0) is 46.7. The van der Waals surface area contributed by atoms with Crippen LogP contribution in [0.1, 0.15) is 68.7 Å². The first kappa shape index (κ1) is 47.3. The van der Waals surface area contributed by atoms with E-state index >= 15 is 4.79 Å². The molecule has 6 aromatic rings. The largest absolute Gasteiger partial charge is 0.508 e. The third-order valence-electron chi connectivity index (χ3n) is 14.0. The van der Waals surface area contributed by atoms with Crippen LogP contribution in [0.15, 0.2) is 97.3 Å². The fourth-order valence-electron chi connectivity index (χ4n) is 10.8. The molecule has 0 bridgehead atoms. The summed E-state index contributed by atoms with van der Waals surface area (Å²) >= 11 is 0. The number of phenolic OH excluding ortho intramolecular Hbond substituents is 3. The maximum absolute atomic E-state index is 16.3. The quantitative estimate of drug-likeness (QED) is 0.0585. The van der Waals surface area contributed by atoms with Crippen molar-refractivity contribution < 1.29 is 44.9 Å². The van der Waals surface area contributed by atoms with Crippen molar-refractivity contribution in [2.45, 2.75) is 74.9 Å². The second-order valence-electron chi connectivity index (χ2n) is 17.8. The molecule has 1 aromatic heterocycles. The summed E-state index contributed by atoms with van der Waals surface area (Å²) in [5, 5.41) is 75.3. The molecular weight excluding hydrogens is 873 g/mol. The van der Waals surface area contributed by atoms with Gasteiger partial charge >= 0.3 is 0 Å². The predicted molar refractivity (Wildman–Crippen MR) is 262 cm³/mol. The topological polar surface area (TPSA) is 185 Å². The first-order chi connectivity index (χ1) is 31.9. The van der Waals surface area contributed by atoms with E-state index in [1.165, 1.54) is 34.8 Å². The first-order valence-electron chi connectivity index (χ1n) is 22.6. The van der Waals surface area contributed by atoms with Gasteiger partial charge in [0.05, 0.1) is 43.7 Å². The summed E-state index contributed by atoms with van der Waals surface area (Å²) in [6, 6.07) is 25.8. The highest BCUT2D eigenvalue weighted by Crippen LogP contribution is 2.52. The number of aromatic nitrogens is 1. The number of methoxy groups -OCH3 is 2. The van der Waals surface area contributed by atoms with Crippen LogP contribution >= 0.6 is 21.6 Å². The second-order valence-corrected chi connectivity index (χ2v) is 20.5. The number of rotatable bonds is 11. The Hall–Kier alpha value is -5.15. The number of fused-ring (bicyclic) bond motifs is 2. The minimum atomic E-state index is -1.65. The number of aryl methyl sites for hydroxylation is 1. The molecule has 1 saturated carbocycles. The van der Waals surface area contributed by atoms with Crippen molar-refractivity contribution in [3.8, 4) is 28.7 Å². The zero-order valence-corrected chi connectivity index (χ0v) is 39.4. The average molecular weight is 933 g/mol. The lowest BCUT2D eigenvalue weighted by Gasteiger charge is -2.49. The Kier molecular flexibility index (Phi) is 14.6. The van der Waals surface area contributed by atoms with E-state index in [1.54, 1.807) is 44.5 Å². The van der Waals surface area contributed by atoms with Gasteiger partial charge in [-0.15, -0.1) is 0 Å². The lowest BCUT2D eigenvalue weighted by molar-refractivity contribution is -0.149. The normalized spacial score (nSPS) is 23.7. The van der Waals surface area contributed by atoms with Gasteiger partial charge in [0.15, 0.2) is 28.8 Å². The van der Waals surface area contributed by atoms with E-state index in [4.69, 9.17) is 9.47 Å². The van der Waals surface area contributed by atoms with Crippen LogP contribution in [-0.2, 0) is 48.9 Å². The van der Waals surface area contributed by atoms with Crippen LogP contribution in [0.25, 0.3) is 10.8 Å². The molecule has 1 fully saturated rings. The summed E-state index contributed by atoms with van der Waals surface area (Å²) in [7, 11) is 7.84. The number of ketones is 1. The minimum absolute atomic E-state index is 0.00786. The summed E-state index contributed by atoms with van der Waals surface area (Å²) in [5.41, 5.74) is 5.84. The van der Waals surface area contributed by atoms with Crippen LogP contribution in [0.2, 0.25) is 0 Å². The van der Waals surface area contributed by atoms with Gasteiger partial charge in [0.25, 0.3) is 0 Å². The fraction of sp³-hybridized carbons (Fsp3) is 0.377. The molecule has 7 atom stereocenters. The maximum atomic E-state index is 16.3. The number of H-pyrrole nitrogens is 1. The number of carbonyl (C=O) groups excluding carboxylic acids is 1. The molecule has 0 radical (unpaired) electrons. The summed E-state index contributed by atoms with van der Waals surface area (Å²) in [5.74, 6) is -1.63. The van der Waals surface area contributed by atoms with Crippen molar-refractivity contribution in [3.63, 3.8) is 0 Å². The monoisotopic (exact) mass is 932 g/mol. The third-order valence-corrected chi connectivity index (χ3v) is 16.8. The van der Waals surface area contributed by atoms with Gasteiger partial charge in [-0.1, -0.05) is 77.0 Å². The summed E-state index contributed by atoms with van der Waals surface area (Å²) in [6.07, 6.45) is 3.24. The van der Waals surface area contributed by atoms with Crippen LogP contribution in [0, 0.1) is 17.8 Å². The number of phenols is 3. The molecule has 0 saturated heterocycles. The van der Waals surface area contributed by atoms with E-state index in [0.29, 0.717) is 54.0 Å². The number of benzene rings is 5. The number of ether oxygens (including phenoxy) is 2. The minimum Gasteiger partial charge on any atom is -0.508 e. The van der Waals surface area contributed by atoms with Gasteiger partial charge in [-0.2, -0.15) is 0 Å². The Morgan fingerprint density at radius 1 is 0.894 bits per heavy atom. The van der Waals surface area contributed by atoms with Gasteiger partial charge < -0.3 is 50.4 Å². The second kappa shape index (κ2) is 20.4. The molecule has 1 aliphatic carbocycles. The molecule has 0 amide bonds. The van der Waals surface area contributed by atoms with Crippen molar-refractivity contribution in [2.24, 2.45) is 17.8 Å². The SMILES string of the molecule is CCc1ccc2cccc3c2c1Cc1c(ccc(O)c1OC)C[C@@H](Cc1cc[nH]c1)[C@H](O)[C@@H]1C(=O)[C@](Cc2ccc(O)c(OC)c2)(c2cc(O)cc(CNC)c2)[C@H](O)C[C@H]1CSS[C@H]3CO. The number of carbonyl (C=O) groups is 1. The van der Waals surface area contributed by atoms with E-state index in [1.807, 2.05) is 36.7 Å². The number of hydrogen-bond acceptors (Lipinski definition) is 12. The number of aromatic amines is 1. The Bertz CT molecular complexity index is 2670. The average Bonchev–Trinajstić information content (AvgIpc) is 3.83. The highest BCUT2D eigenvalue weighted by atomic mass is 33.1. The molecule has 348 valence electrons. The zero-order valence-electron chi connectivity index (χ0n) is 37.8. The number of aromatic hydroxyl groups is 3. The van der Waals surface area contributed by atoms with Crippen LogP contribution < -0.4 is 14.8 Å². The molecular formula is C53H60N2O9S2. The van der Waals surface area contributed by atoms with Crippen molar-refractivity contribution >= 4 is 38.1 Å². The predicted octanol–water partition coefficient (Wildman–Crippen LogP) is 8.11. The van der Waals surface area contributed by atoms with Crippen molar-refractivity contribution in [2.75, 3.05) is 33.6 Å². The van der Waals surface area contributed by atoms with Gasteiger partial charge in [-0.3, -0.25) is 4.79 Å². The first-order valence-corrected chi connectivity index (χ1v) is 25.0. The molecule has 11 nitrogen and oxygen atoms in total. The smallest absolute Gasteiger partial charge is 0.164 e. The van der Waals surface area contributed by atoms with Crippen LogP contribution in [-0.4, -0.2) is 87.2 Å². The van der Waals surface area contributed by atoms with E-state index in [2.05, 4.69) is 41.5 Å². The number of hydrogen-bond donors (Lipinski definition) is 8. The van der Waals surface area contributed by atoms with Gasteiger partial charge in [0, 0.05) is 42.6 Å². The number of nitrogens with one attached hydrogen (secondary N) is 2. The molecule has 0 unspecified atom stereocenters. The molecule has 1 aliphatic heterocycles. The Morgan fingerprint density at radius 3 is 2.44 bits per heavy atom. The molecule has 8 N–H and O–H groups in total. The van der Waals surface area contributed by atoms with Gasteiger partial charge in [-0.05, 0) is 143 Å². The lowest BCUT2D eigenvalue weighted by atomic mass is 9.55. The number of aliphatic hydroxyl groups is 3. The Balaban J connectivity index is 1.35. The molecule has 8 rings (SSSR count). The highest BCUT2D eigenvalue weighted by molar-refractivity contribution is 8.76. The van der Waals surface area contributed by atoms with Crippen molar-refractivity contribution in [1.29, 1.82) is 0 Å². The van der Waals surface area contributed by atoms with Crippen molar-refractivity contribution in [3.05, 3.63) is 147 Å². The molecule has 5 aromatic carbocycles. The maximum Gasteiger partial charge on any atom is 0.164 e. The summed E-state index contributed by atoms with van der Waals surface area (Å²) in [4.78, 5) is 19.5. The molecule has 66 heavy (non-hydrogen) atoms. The molecule has 2 aliphatic rings. The molecule has 13 heteroatoms. The van der Waals surface area contributed by atoms with Crippen LogP contribution in [0.4, 0.5) is 0 Å². The highest BCUT2D eigenvalue weighted by Gasteiger charge is 2.57. The molecule has 0 spiro atoms. The van der Waals surface area contributed by atoms with Gasteiger partial charge in [0.2, 0.25) is 0 Å². The van der Waals surface area contributed by atoms with E-state index in [9.17, 15) is 30.6 Å². The molecule has 2 heterocycles. The number of Topliss-reactive ketones (excluding diaryl/α,β-unsaturated/α-hetero) is 1. The fourth-order valence-corrected chi connectivity index (χ4v) is 13.7. The van der Waals surface area contributed by atoms with E-state index in [0.717, 1.165) is 50.6 Å². The lowest BCUT2D eigenvalue weighted by Crippen LogP contribution is -2.61. The van der Waals surface area contributed by atoms with Crippen LogP contribution in [0.5, 0.6) is 28.7 Å². The van der Waals surface area contributed by atoms with Gasteiger partial charge in [0.1, 0.15) is 5.75 Å². The Labute approximate surface area is 394 Å². The Morgan fingerprint density at radius 2 is 1.71 bits per heavy atom. The third kappa shape index (κ3) is 9.13. The van der Waals surface area contributed by atoms with E-state index < -0.39 is 35.4 Å². The summed E-state index contributed by atoms with van der Waals surface area (Å²) in [6.45, 7) is 2.35. The van der Waals surface area contributed by atoms with Gasteiger partial charge in [-0.25, -0.2) is 0 Å². The van der Waals surface area contributed by atoms with E-state index in [-0.39, 0.29) is 53.5 Å². The standard InChI is InChI=1S/C53H60N2O9S2/c1-5-33-10-11-34-7-6-8-40-46(28-56)66-65-29-37-22-47(60)53(25-30-9-13-43(58)45(20-30)63-3,38-18-32(26-54-2)19-39(57)23-38)52(62)49(37)50(61)36(17-31-15-16-55-27-31)21-35-12-14-44(59)51(64-4)42(35)24-41(33)48(34)40/h6-16,18-20,23,27,36-37,46-47,49-50,54-61H,5,17,21-22,24-26,28-29H2,1-4H3/t36-,37+,46+,47-,49-,50+,53-/m1/s1. The summed E-state index contributed by atoms with van der Waals surface area (Å²) < 4.78 is 11.5. The van der Waals surface area contributed by atoms with Crippen LogP contribution in [0.3, 0.4) is 0 Å².